The Morgan fingerprint density at radius 3 is 2.80 bits per heavy atom. The molecule has 1 unspecified atom stereocenters. The predicted octanol–water partition coefficient (Wildman–Crippen LogP) is 4.27. The largest absolute Gasteiger partial charge is 0.459 e. The van der Waals surface area contributed by atoms with Gasteiger partial charge in [-0.05, 0) is 47.1 Å². The molecule has 100 valence electrons. The number of fused-ring (bicyclic) bond motifs is 1. The molecule has 0 N–H and O–H groups in total. The van der Waals surface area contributed by atoms with Gasteiger partial charge in [-0.2, -0.15) is 0 Å². The summed E-state index contributed by atoms with van der Waals surface area (Å²) in [4.78, 5) is 0. The molecule has 0 aliphatic carbocycles. The van der Waals surface area contributed by atoms with Gasteiger partial charge in [-0.1, -0.05) is 36.4 Å². The van der Waals surface area contributed by atoms with Crippen molar-refractivity contribution in [2.75, 3.05) is 6.61 Å². The third kappa shape index (κ3) is 2.02. The van der Waals surface area contributed by atoms with E-state index in [1.54, 1.807) is 0 Å². The summed E-state index contributed by atoms with van der Waals surface area (Å²) in [5.41, 5.74) is 1.15. The Bertz CT molecular complexity index is 706. The van der Waals surface area contributed by atoms with Crippen LogP contribution in [0.15, 0.2) is 60.4 Å². The van der Waals surface area contributed by atoms with Crippen LogP contribution in [0, 0.1) is 0 Å². The van der Waals surface area contributed by atoms with Crippen LogP contribution in [0.5, 0.6) is 0 Å². The number of hydrogen-bond acceptors (Lipinski definition) is 2. The fourth-order valence-corrected chi connectivity index (χ4v) is 2.86. The summed E-state index contributed by atoms with van der Waals surface area (Å²) in [5.74, 6) is 0.394. The molecule has 2 aliphatic heterocycles. The smallest absolute Gasteiger partial charge is 0.230 e. The van der Waals surface area contributed by atoms with E-state index in [2.05, 4.69) is 48.5 Å². The van der Waals surface area contributed by atoms with Crippen molar-refractivity contribution in [3.05, 3.63) is 65.9 Å². The molecule has 1 saturated heterocycles. The summed E-state index contributed by atoms with van der Waals surface area (Å²) in [6.45, 7) is 0.785. The summed E-state index contributed by atoms with van der Waals surface area (Å²) in [6, 6.07) is 14.8. The molecule has 2 heterocycles. The molecular formula is C18H16O2. The van der Waals surface area contributed by atoms with Gasteiger partial charge in [0.2, 0.25) is 5.79 Å². The van der Waals surface area contributed by atoms with Crippen molar-refractivity contribution in [3.63, 3.8) is 0 Å². The first-order valence-corrected chi connectivity index (χ1v) is 7.06. The topological polar surface area (TPSA) is 18.5 Å². The third-order valence-corrected chi connectivity index (χ3v) is 3.89. The Labute approximate surface area is 118 Å². The van der Waals surface area contributed by atoms with Gasteiger partial charge in [-0.25, -0.2) is 0 Å². The van der Waals surface area contributed by atoms with Crippen molar-refractivity contribution in [1.29, 1.82) is 0 Å². The Kier molecular flexibility index (Phi) is 2.64. The fraction of sp³-hybridized carbons (Fsp3) is 0.222. The van der Waals surface area contributed by atoms with Crippen molar-refractivity contribution in [2.45, 2.75) is 18.6 Å². The minimum absolute atomic E-state index is 0.483. The third-order valence-electron chi connectivity index (χ3n) is 3.89. The standard InChI is InChI=1S/C18H16O2/c1-2-5-16-12-14(6-7-15(16)4-1)13-17-8-10-18(20-17)9-3-11-19-18/h1-2,4-8,10,12-13H,3,9,11H2/b17-13-. The van der Waals surface area contributed by atoms with E-state index >= 15 is 0 Å². The minimum atomic E-state index is -0.483. The average Bonchev–Trinajstić information content (AvgIpc) is 3.09. The van der Waals surface area contributed by atoms with Crippen LogP contribution >= 0.6 is 0 Å². The highest BCUT2D eigenvalue weighted by atomic mass is 16.7. The van der Waals surface area contributed by atoms with Gasteiger partial charge in [0.05, 0.1) is 6.61 Å². The fourth-order valence-electron chi connectivity index (χ4n) is 2.86. The molecule has 2 aliphatic rings. The first-order chi connectivity index (χ1) is 9.83. The number of rotatable bonds is 1. The van der Waals surface area contributed by atoms with E-state index in [0.29, 0.717) is 0 Å². The van der Waals surface area contributed by atoms with Gasteiger partial charge in [0.25, 0.3) is 0 Å². The lowest BCUT2D eigenvalue weighted by molar-refractivity contribution is -0.135. The van der Waals surface area contributed by atoms with Gasteiger partial charge >= 0.3 is 0 Å². The summed E-state index contributed by atoms with van der Waals surface area (Å²) in [5, 5.41) is 2.50. The Hall–Kier alpha value is -2.06. The molecule has 1 fully saturated rings. The molecule has 0 aromatic heterocycles. The minimum Gasteiger partial charge on any atom is -0.459 e. The zero-order chi connectivity index (χ0) is 13.4. The van der Waals surface area contributed by atoms with E-state index in [0.717, 1.165) is 30.8 Å². The van der Waals surface area contributed by atoms with Crippen LogP contribution in [-0.2, 0) is 9.47 Å². The molecule has 1 spiro atoms. The highest BCUT2D eigenvalue weighted by Gasteiger charge is 2.38. The van der Waals surface area contributed by atoms with Crippen LogP contribution in [0.2, 0.25) is 0 Å². The van der Waals surface area contributed by atoms with Crippen LogP contribution in [0.1, 0.15) is 18.4 Å². The maximum Gasteiger partial charge on any atom is 0.230 e. The predicted molar refractivity (Wildman–Crippen MR) is 80.1 cm³/mol. The molecule has 2 aromatic carbocycles. The lowest BCUT2D eigenvalue weighted by atomic mass is 10.1. The molecular weight excluding hydrogens is 248 g/mol. The second kappa shape index (κ2) is 4.50. The van der Waals surface area contributed by atoms with Crippen LogP contribution in [0.25, 0.3) is 16.8 Å². The van der Waals surface area contributed by atoms with Crippen LogP contribution in [-0.4, -0.2) is 12.4 Å². The van der Waals surface area contributed by atoms with Crippen molar-refractivity contribution in [3.8, 4) is 0 Å². The summed E-state index contributed by atoms with van der Waals surface area (Å²) in [7, 11) is 0. The Morgan fingerprint density at radius 1 is 1.05 bits per heavy atom. The van der Waals surface area contributed by atoms with Crippen molar-refractivity contribution >= 4 is 16.8 Å². The maximum absolute atomic E-state index is 5.95. The zero-order valence-electron chi connectivity index (χ0n) is 11.2. The molecule has 0 amide bonds. The van der Waals surface area contributed by atoms with Crippen molar-refractivity contribution in [1.82, 2.24) is 0 Å². The summed E-state index contributed by atoms with van der Waals surface area (Å²) < 4.78 is 11.6. The summed E-state index contributed by atoms with van der Waals surface area (Å²) in [6.07, 6.45) is 8.12. The van der Waals surface area contributed by atoms with Gasteiger partial charge in [0.1, 0.15) is 5.76 Å². The van der Waals surface area contributed by atoms with E-state index in [1.165, 1.54) is 10.8 Å². The second-order valence-corrected chi connectivity index (χ2v) is 5.35. The van der Waals surface area contributed by atoms with E-state index in [9.17, 15) is 0 Å². The quantitative estimate of drug-likeness (QED) is 0.765. The van der Waals surface area contributed by atoms with Crippen LogP contribution in [0.3, 0.4) is 0 Å². The highest BCUT2D eigenvalue weighted by molar-refractivity contribution is 5.84. The van der Waals surface area contributed by atoms with Crippen molar-refractivity contribution in [2.24, 2.45) is 0 Å². The first-order valence-electron chi connectivity index (χ1n) is 7.06. The number of hydrogen-bond donors (Lipinski definition) is 0. The average molecular weight is 264 g/mol. The lowest BCUT2D eigenvalue weighted by Gasteiger charge is -2.20. The van der Waals surface area contributed by atoms with Crippen LogP contribution in [0.4, 0.5) is 0 Å². The Morgan fingerprint density at radius 2 is 1.95 bits per heavy atom. The maximum atomic E-state index is 5.95. The van der Waals surface area contributed by atoms with E-state index in [4.69, 9.17) is 9.47 Å². The van der Waals surface area contributed by atoms with Gasteiger partial charge in [0, 0.05) is 6.42 Å². The van der Waals surface area contributed by atoms with Gasteiger partial charge < -0.3 is 9.47 Å². The first kappa shape index (κ1) is 11.7. The zero-order valence-corrected chi connectivity index (χ0v) is 11.2. The SMILES string of the molecule is C1=CC2(CCCO2)O/C1=C\c1ccc2ccccc2c1. The van der Waals surface area contributed by atoms with Crippen LogP contribution < -0.4 is 0 Å². The monoisotopic (exact) mass is 264 g/mol. The molecule has 4 rings (SSSR count). The number of benzene rings is 2. The molecule has 0 saturated carbocycles. The second-order valence-electron chi connectivity index (χ2n) is 5.35. The molecule has 1 atom stereocenters. The lowest BCUT2D eigenvalue weighted by Crippen LogP contribution is -2.24. The summed E-state index contributed by atoms with van der Waals surface area (Å²) >= 11 is 0. The van der Waals surface area contributed by atoms with E-state index in [1.807, 2.05) is 12.2 Å². The highest BCUT2D eigenvalue weighted by Crippen LogP contribution is 2.36. The van der Waals surface area contributed by atoms with Gasteiger partial charge in [0.15, 0.2) is 0 Å². The molecule has 2 aromatic rings. The van der Waals surface area contributed by atoms with Crippen molar-refractivity contribution < 1.29 is 9.47 Å². The molecule has 0 radical (unpaired) electrons. The number of ether oxygens (including phenoxy) is 2. The number of allylic oxidation sites excluding steroid dienone is 1. The van der Waals surface area contributed by atoms with Gasteiger partial charge in [-0.3, -0.25) is 0 Å². The Balaban J connectivity index is 1.64. The molecule has 2 nitrogen and oxygen atoms in total. The van der Waals surface area contributed by atoms with Gasteiger partial charge in [-0.15, -0.1) is 0 Å². The van der Waals surface area contributed by atoms with E-state index in [-0.39, 0.29) is 0 Å². The van der Waals surface area contributed by atoms with E-state index < -0.39 is 5.79 Å². The molecule has 20 heavy (non-hydrogen) atoms. The molecule has 2 heteroatoms. The normalized spacial score (nSPS) is 26.7. The molecule has 0 bridgehead atoms.